The zero-order chi connectivity index (χ0) is 16.0. The summed E-state index contributed by atoms with van der Waals surface area (Å²) in [6.45, 7) is 4.12. The van der Waals surface area contributed by atoms with E-state index in [4.69, 9.17) is 11.5 Å². The minimum Gasteiger partial charge on any atom is -0.383 e. The van der Waals surface area contributed by atoms with Crippen LogP contribution in [0.1, 0.15) is 5.56 Å². The maximum atomic E-state index is 11.9. The predicted molar refractivity (Wildman–Crippen MR) is 89.0 cm³/mol. The maximum absolute atomic E-state index is 11.9. The lowest BCUT2D eigenvalue weighted by atomic mass is 10.1. The Kier molecular flexibility index (Phi) is 3.43. The van der Waals surface area contributed by atoms with Crippen LogP contribution in [0.5, 0.6) is 0 Å². The van der Waals surface area contributed by atoms with Gasteiger partial charge in [-0.3, -0.25) is 9.47 Å². The molecule has 4 N–H and O–H groups in total. The van der Waals surface area contributed by atoms with Crippen LogP contribution in [0.15, 0.2) is 41.3 Å². The van der Waals surface area contributed by atoms with Gasteiger partial charge < -0.3 is 11.5 Å². The van der Waals surface area contributed by atoms with Crippen molar-refractivity contribution in [2.75, 3.05) is 25.4 Å². The summed E-state index contributed by atoms with van der Waals surface area (Å²) in [7, 11) is 0. The molecule has 23 heavy (non-hydrogen) atoms. The summed E-state index contributed by atoms with van der Waals surface area (Å²) >= 11 is 0. The first-order valence-electron chi connectivity index (χ1n) is 8.02. The van der Waals surface area contributed by atoms with Crippen LogP contribution in [0.3, 0.4) is 0 Å². The molecule has 2 fully saturated rings. The predicted octanol–water partition coefficient (Wildman–Crippen LogP) is 0.451. The van der Waals surface area contributed by atoms with E-state index in [0.717, 1.165) is 49.6 Å². The second-order valence-electron chi connectivity index (χ2n) is 6.59. The molecule has 1 aromatic carbocycles. The van der Waals surface area contributed by atoms with E-state index in [2.05, 4.69) is 22.0 Å². The highest BCUT2D eigenvalue weighted by molar-refractivity contribution is 5.36. The minimum absolute atomic E-state index is 0.242. The first-order chi connectivity index (χ1) is 11.2. The Morgan fingerprint density at radius 3 is 2.43 bits per heavy atom. The molecule has 0 spiro atoms. The van der Waals surface area contributed by atoms with Crippen molar-refractivity contribution in [3.63, 3.8) is 0 Å². The van der Waals surface area contributed by atoms with Crippen LogP contribution < -0.4 is 17.2 Å². The first-order valence-corrected chi connectivity index (χ1v) is 8.02. The second-order valence-corrected chi connectivity index (χ2v) is 6.59. The van der Waals surface area contributed by atoms with Crippen molar-refractivity contribution in [2.24, 2.45) is 23.5 Å². The van der Waals surface area contributed by atoms with Crippen LogP contribution >= 0.6 is 0 Å². The number of piperidine rings is 1. The summed E-state index contributed by atoms with van der Waals surface area (Å²) in [5.41, 5.74) is 13.0. The third-order valence-corrected chi connectivity index (χ3v) is 5.17. The Morgan fingerprint density at radius 2 is 1.83 bits per heavy atom. The Bertz CT molecular complexity index is 757. The van der Waals surface area contributed by atoms with E-state index in [1.807, 2.05) is 12.1 Å². The zero-order valence-electron chi connectivity index (χ0n) is 12.9. The summed E-state index contributed by atoms with van der Waals surface area (Å²) in [4.78, 5) is 18.1. The van der Waals surface area contributed by atoms with Gasteiger partial charge in [-0.15, -0.1) is 0 Å². The van der Waals surface area contributed by atoms with Crippen molar-refractivity contribution in [3.05, 3.63) is 52.6 Å². The van der Waals surface area contributed by atoms with E-state index >= 15 is 0 Å². The van der Waals surface area contributed by atoms with Crippen LogP contribution in [0.4, 0.5) is 5.82 Å². The molecule has 0 unspecified atom stereocenters. The molecule has 1 aliphatic heterocycles. The smallest absolute Gasteiger partial charge is 0.354 e. The molecular formula is C17H21N5O. The molecule has 1 aromatic heterocycles. The van der Waals surface area contributed by atoms with Crippen LogP contribution in [0, 0.1) is 17.8 Å². The molecule has 1 saturated heterocycles. The third kappa shape index (κ3) is 2.64. The molecule has 0 amide bonds. The molecule has 2 aliphatic rings. The summed E-state index contributed by atoms with van der Waals surface area (Å²) in [6, 6.07) is 9.67. The summed E-state index contributed by atoms with van der Waals surface area (Å²) in [6.07, 6.45) is 1.65. The molecule has 6 nitrogen and oxygen atoms in total. The number of rotatable bonds is 4. The monoisotopic (exact) mass is 311 g/mol. The van der Waals surface area contributed by atoms with Crippen molar-refractivity contribution in [1.82, 2.24) is 14.5 Å². The number of anilines is 1. The number of hydrogen-bond donors (Lipinski definition) is 2. The van der Waals surface area contributed by atoms with E-state index < -0.39 is 0 Å². The quantitative estimate of drug-likeness (QED) is 0.856. The largest absolute Gasteiger partial charge is 0.383 e. The number of aromatic nitrogens is 2. The fourth-order valence-corrected chi connectivity index (χ4v) is 3.85. The Hall–Kier alpha value is -2.18. The lowest BCUT2D eigenvalue weighted by molar-refractivity contribution is 0.279. The average molecular weight is 311 g/mol. The van der Waals surface area contributed by atoms with Gasteiger partial charge in [0, 0.05) is 25.8 Å². The molecule has 2 aromatic rings. The van der Waals surface area contributed by atoms with Gasteiger partial charge >= 0.3 is 5.69 Å². The number of nitrogens with zero attached hydrogens (tertiary/aromatic N) is 3. The van der Waals surface area contributed by atoms with Gasteiger partial charge in [0.2, 0.25) is 0 Å². The van der Waals surface area contributed by atoms with Gasteiger partial charge in [0.25, 0.3) is 0 Å². The molecule has 120 valence electrons. The SMILES string of the molecule is NC[C@@H]1[C@H]2CN(Cc3ccc(-n4ccc(N)nc4=O)cc3)C[C@@H]12. The summed E-state index contributed by atoms with van der Waals surface area (Å²) in [5.74, 6) is 2.64. The van der Waals surface area contributed by atoms with E-state index in [9.17, 15) is 4.79 Å². The van der Waals surface area contributed by atoms with E-state index in [1.54, 1.807) is 12.3 Å². The highest BCUT2D eigenvalue weighted by atomic mass is 16.1. The first kappa shape index (κ1) is 14.4. The van der Waals surface area contributed by atoms with Crippen LogP contribution in [0.2, 0.25) is 0 Å². The molecule has 4 rings (SSSR count). The van der Waals surface area contributed by atoms with Crippen LogP contribution in [-0.4, -0.2) is 34.1 Å². The molecule has 0 radical (unpaired) electrons. The van der Waals surface area contributed by atoms with Gasteiger partial charge in [-0.05, 0) is 48.1 Å². The number of nitrogen functional groups attached to an aromatic ring is 1. The molecule has 0 bridgehead atoms. The van der Waals surface area contributed by atoms with E-state index in [0.29, 0.717) is 0 Å². The number of likely N-dealkylation sites (tertiary alicyclic amines) is 1. The van der Waals surface area contributed by atoms with Crippen LogP contribution in [0.25, 0.3) is 5.69 Å². The van der Waals surface area contributed by atoms with Crippen molar-refractivity contribution in [3.8, 4) is 5.69 Å². The Balaban J connectivity index is 1.44. The minimum atomic E-state index is -0.356. The zero-order valence-corrected chi connectivity index (χ0v) is 12.9. The highest BCUT2D eigenvalue weighted by Gasteiger charge is 2.54. The van der Waals surface area contributed by atoms with E-state index in [1.165, 1.54) is 10.1 Å². The van der Waals surface area contributed by atoms with Gasteiger partial charge in [0.1, 0.15) is 5.82 Å². The number of hydrogen-bond acceptors (Lipinski definition) is 5. The number of nitrogens with two attached hydrogens (primary N) is 2. The van der Waals surface area contributed by atoms with Crippen LogP contribution in [-0.2, 0) is 6.54 Å². The van der Waals surface area contributed by atoms with Crippen molar-refractivity contribution >= 4 is 5.82 Å². The fraction of sp³-hybridized carbons (Fsp3) is 0.412. The summed E-state index contributed by atoms with van der Waals surface area (Å²) < 4.78 is 1.50. The Labute approximate surface area is 134 Å². The average Bonchev–Trinajstić information content (AvgIpc) is 3.02. The third-order valence-electron chi connectivity index (χ3n) is 5.17. The lowest BCUT2D eigenvalue weighted by Gasteiger charge is -2.19. The van der Waals surface area contributed by atoms with Gasteiger partial charge in [-0.1, -0.05) is 12.1 Å². The number of benzene rings is 1. The highest BCUT2D eigenvalue weighted by Crippen LogP contribution is 2.51. The van der Waals surface area contributed by atoms with Gasteiger partial charge in [-0.2, -0.15) is 4.98 Å². The summed E-state index contributed by atoms with van der Waals surface area (Å²) in [5, 5.41) is 0. The topological polar surface area (TPSA) is 90.2 Å². The lowest BCUT2D eigenvalue weighted by Crippen LogP contribution is -2.25. The molecule has 2 heterocycles. The molecule has 1 saturated carbocycles. The second kappa shape index (κ2) is 5.47. The standard InChI is InChI=1S/C17H21N5O/c18-7-13-14-9-21(10-15(13)14)8-11-1-3-12(4-2-11)22-6-5-16(19)20-17(22)23/h1-6,13-15H,7-10,18H2,(H2,19,20,23)/t13-,14-,15+. The van der Waals surface area contributed by atoms with Crippen molar-refractivity contribution < 1.29 is 0 Å². The molecule has 6 heteroatoms. The van der Waals surface area contributed by atoms with Crippen molar-refractivity contribution in [2.45, 2.75) is 6.54 Å². The maximum Gasteiger partial charge on any atom is 0.354 e. The van der Waals surface area contributed by atoms with Gasteiger partial charge in [0.15, 0.2) is 0 Å². The molecule has 3 atom stereocenters. The van der Waals surface area contributed by atoms with Gasteiger partial charge in [-0.25, -0.2) is 4.79 Å². The van der Waals surface area contributed by atoms with Crippen molar-refractivity contribution in [1.29, 1.82) is 0 Å². The number of fused-ring (bicyclic) bond motifs is 1. The normalized spacial score (nSPS) is 26.2. The van der Waals surface area contributed by atoms with Gasteiger partial charge in [0.05, 0.1) is 5.69 Å². The molecular weight excluding hydrogens is 290 g/mol. The Morgan fingerprint density at radius 1 is 1.13 bits per heavy atom. The molecule has 1 aliphatic carbocycles. The van der Waals surface area contributed by atoms with E-state index in [-0.39, 0.29) is 11.5 Å². The fourth-order valence-electron chi connectivity index (χ4n) is 3.85.